The SMILES string of the molecule is Cc1ccccc1-n1cccc1CC(=O)O. The molecule has 0 fully saturated rings. The lowest BCUT2D eigenvalue weighted by atomic mass is 10.2. The Kier molecular flexibility index (Phi) is 2.77. The van der Waals surface area contributed by atoms with Gasteiger partial charge >= 0.3 is 5.97 Å². The highest BCUT2D eigenvalue weighted by Crippen LogP contribution is 2.17. The minimum Gasteiger partial charge on any atom is -0.481 e. The fourth-order valence-electron chi connectivity index (χ4n) is 1.78. The average Bonchev–Trinajstić information content (AvgIpc) is 2.66. The van der Waals surface area contributed by atoms with E-state index in [2.05, 4.69) is 0 Å². The lowest BCUT2D eigenvalue weighted by Gasteiger charge is -2.10. The molecule has 0 aliphatic rings. The number of hydrogen-bond acceptors (Lipinski definition) is 1. The Bertz CT molecular complexity index is 514. The molecule has 3 heteroatoms. The van der Waals surface area contributed by atoms with Crippen molar-refractivity contribution in [1.82, 2.24) is 4.57 Å². The molecule has 0 saturated carbocycles. The summed E-state index contributed by atoms with van der Waals surface area (Å²) >= 11 is 0. The van der Waals surface area contributed by atoms with E-state index < -0.39 is 5.97 Å². The van der Waals surface area contributed by atoms with E-state index in [1.54, 1.807) is 0 Å². The second-order valence-corrected chi connectivity index (χ2v) is 3.73. The van der Waals surface area contributed by atoms with Crippen molar-refractivity contribution in [3.63, 3.8) is 0 Å². The second kappa shape index (κ2) is 4.23. The van der Waals surface area contributed by atoms with E-state index >= 15 is 0 Å². The molecule has 0 aliphatic carbocycles. The van der Waals surface area contributed by atoms with E-state index in [1.165, 1.54) is 0 Å². The molecule has 1 N–H and O–H groups in total. The van der Waals surface area contributed by atoms with Crippen molar-refractivity contribution in [3.05, 3.63) is 53.9 Å². The largest absolute Gasteiger partial charge is 0.481 e. The van der Waals surface area contributed by atoms with Gasteiger partial charge in [0.05, 0.1) is 6.42 Å². The molecule has 0 atom stereocenters. The monoisotopic (exact) mass is 215 g/mol. The Balaban J connectivity index is 2.45. The fraction of sp³-hybridized carbons (Fsp3) is 0.154. The summed E-state index contributed by atoms with van der Waals surface area (Å²) in [5.74, 6) is -0.812. The lowest BCUT2D eigenvalue weighted by Crippen LogP contribution is -2.06. The van der Waals surface area contributed by atoms with Crippen LogP contribution in [-0.4, -0.2) is 15.6 Å². The summed E-state index contributed by atoms with van der Waals surface area (Å²) < 4.78 is 1.92. The van der Waals surface area contributed by atoms with Gasteiger partial charge in [0.15, 0.2) is 0 Å². The molecule has 1 aromatic heterocycles. The van der Waals surface area contributed by atoms with Crippen LogP contribution >= 0.6 is 0 Å². The predicted octanol–water partition coefficient (Wildman–Crippen LogP) is 2.41. The summed E-state index contributed by atoms with van der Waals surface area (Å²) in [6, 6.07) is 11.6. The van der Waals surface area contributed by atoms with Crippen LogP contribution in [-0.2, 0) is 11.2 Å². The number of carboxylic acids is 1. The van der Waals surface area contributed by atoms with Crippen molar-refractivity contribution in [2.75, 3.05) is 0 Å². The van der Waals surface area contributed by atoms with Gasteiger partial charge in [-0.1, -0.05) is 18.2 Å². The van der Waals surface area contributed by atoms with Crippen molar-refractivity contribution in [3.8, 4) is 5.69 Å². The topological polar surface area (TPSA) is 42.2 Å². The number of rotatable bonds is 3. The highest BCUT2D eigenvalue weighted by Gasteiger charge is 2.08. The number of nitrogens with zero attached hydrogens (tertiary/aromatic N) is 1. The number of hydrogen-bond donors (Lipinski definition) is 1. The number of para-hydroxylation sites is 1. The van der Waals surface area contributed by atoms with E-state index in [4.69, 9.17) is 5.11 Å². The minimum atomic E-state index is -0.812. The van der Waals surface area contributed by atoms with Crippen molar-refractivity contribution in [1.29, 1.82) is 0 Å². The van der Waals surface area contributed by atoms with Crippen LogP contribution in [0.1, 0.15) is 11.3 Å². The van der Waals surface area contributed by atoms with Gasteiger partial charge in [-0.15, -0.1) is 0 Å². The Labute approximate surface area is 94.0 Å². The molecule has 0 spiro atoms. The lowest BCUT2D eigenvalue weighted by molar-refractivity contribution is -0.136. The smallest absolute Gasteiger partial charge is 0.309 e. The van der Waals surface area contributed by atoms with Gasteiger partial charge in [-0.3, -0.25) is 4.79 Å². The predicted molar refractivity (Wildman–Crippen MR) is 61.8 cm³/mol. The molecule has 0 amide bonds. The van der Waals surface area contributed by atoms with Crippen LogP contribution in [0.5, 0.6) is 0 Å². The highest BCUT2D eigenvalue weighted by atomic mass is 16.4. The maximum Gasteiger partial charge on any atom is 0.309 e. The summed E-state index contributed by atoms with van der Waals surface area (Å²) in [6.07, 6.45) is 1.93. The molecule has 1 aromatic carbocycles. The molecule has 1 heterocycles. The van der Waals surface area contributed by atoms with Crippen LogP contribution < -0.4 is 0 Å². The maximum atomic E-state index is 10.7. The zero-order valence-corrected chi connectivity index (χ0v) is 9.05. The fourth-order valence-corrected chi connectivity index (χ4v) is 1.78. The number of benzene rings is 1. The first kappa shape index (κ1) is 10.5. The van der Waals surface area contributed by atoms with E-state index in [9.17, 15) is 4.79 Å². The zero-order valence-electron chi connectivity index (χ0n) is 9.05. The third kappa shape index (κ3) is 1.98. The van der Waals surface area contributed by atoms with Gasteiger partial charge in [-0.25, -0.2) is 0 Å². The van der Waals surface area contributed by atoms with Gasteiger partial charge in [0.2, 0.25) is 0 Å². The standard InChI is InChI=1S/C13H13NO2/c1-10-5-2-3-7-12(10)14-8-4-6-11(14)9-13(15)16/h2-8H,9H2,1H3,(H,15,16). The van der Waals surface area contributed by atoms with Crippen molar-refractivity contribution in [2.24, 2.45) is 0 Å². The second-order valence-electron chi connectivity index (χ2n) is 3.73. The first-order chi connectivity index (χ1) is 7.68. The molecule has 0 aliphatic heterocycles. The van der Waals surface area contributed by atoms with Crippen LogP contribution in [0.4, 0.5) is 0 Å². The molecule has 0 bridgehead atoms. The van der Waals surface area contributed by atoms with Gasteiger partial charge in [0, 0.05) is 17.6 Å². The van der Waals surface area contributed by atoms with Crippen molar-refractivity contribution < 1.29 is 9.90 Å². The molecule has 3 nitrogen and oxygen atoms in total. The highest BCUT2D eigenvalue weighted by molar-refractivity contribution is 5.70. The van der Waals surface area contributed by atoms with Gasteiger partial charge in [0.25, 0.3) is 0 Å². The van der Waals surface area contributed by atoms with Gasteiger partial charge < -0.3 is 9.67 Å². The Hall–Kier alpha value is -2.03. The van der Waals surface area contributed by atoms with E-state index in [-0.39, 0.29) is 6.42 Å². The van der Waals surface area contributed by atoms with Crippen molar-refractivity contribution >= 4 is 5.97 Å². The van der Waals surface area contributed by atoms with Gasteiger partial charge in [0.1, 0.15) is 0 Å². The maximum absolute atomic E-state index is 10.7. The van der Waals surface area contributed by atoms with Crippen LogP contribution in [0.25, 0.3) is 5.69 Å². The molecule has 0 saturated heterocycles. The molecule has 0 radical (unpaired) electrons. The van der Waals surface area contributed by atoms with E-state index in [0.717, 1.165) is 16.9 Å². The summed E-state index contributed by atoms with van der Waals surface area (Å²) in [6.45, 7) is 2.01. The third-order valence-corrected chi connectivity index (χ3v) is 2.54. The number of carbonyl (C=O) groups is 1. The molecular weight excluding hydrogens is 202 g/mol. The van der Waals surface area contributed by atoms with Crippen LogP contribution in [0.2, 0.25) is 0 Å². The number of aryl methyl sites for hydroxylation is 1. The molecule has 82 valence electrons. The Morgan fingerprint density at radius 3 is 2.69 bits per heavy atom. The van der Waals surface area contributed by atoms with Crippen LogP contribution in [0, 0.1) is 6.92 Å². The number of aromatic nitrogens is 1. The quantitative estimate of drug-likeness (QED) is 0.854. The molecule has 2 rings (SSSR count). The van der Waals surface area contributed by atoms with Crippen LogP contribution in [0.3, 0.4) is 0 Å². The zero-order chi connectivity index (χ0) is 11.5. The van der Waals surface area contributed by atoms with E-state index in [0.29, 0.717) is 0 Å². The molecule has 2 aromatic rings. The van der Waals surface area contributed by atoms with Crippen molar-refractivity contribution in [2.45, 2.75) is 13.3 Å². The summed E-state index contributed by atoms with van der Waals surface area (Å²) in [5, 5.41) is 8.81. The first-order valence-corrected chi connectivity index (χ1v) is 5.12. The summed E-state index contributed by atoms with van der Waals surface area (Å²) in [5.41, 5.74) is 2.95. The van der Waals surface area contributed by atoms with Gasteiger partial charge in [-0.05, 0) is 30.7 Å². The average molecular weight is 215 g/mol. The molecule has 0 unspecified atom stereocenters. The number of aliphatic carboxylic acids is 1. The Morgan fingerprint density at radius 1 is 1.25 bits per heavy atom. The normalized spacial score (nSPS) is 10.3. The van der Waals surface area contributed by atoms with Gasteiger partial charge in [-0.2, -0.15) is 0 Å². The summed E-state index contributed by atoms with van der Waals surface area (Å²) in [4.78, 5) is 10.7. The van der Waals surface area contributed by atoms with E-state index in [1.807, 2.05) is 54.1 Å². The minimum absolute atomic E-state index is 0.0430. The first-order valence-electron chi connectivity index (χ1n) is 5.12. The molecule has 16 heavy (non-hydrogen) atoms. The summed E-state index contributed by atoms with van der Waals surface area (Å²) in [7, 11) is 0. The number of carboxylic acid groups (broad SMARTS) is 1. The molecular formula is C13H13NO2. The third-order valence-electron chi connectivity index (χ3n) is 2.54. The van der Waals surface area contributed by atoms with Crippen LogP contribution in [0.15, 0.2) is 42.6 Å². The Morgan fingerprint density at radius 2 is 2.00 bits per heavy atom.